The maximum Gasteiger partial charge on any atom is 0.463 e. The summed E-state index contributed by atoms with van der Waals surface area (Å²) in [5.41, 5.74) is 0.313. The summed E-state index contributed by atoms with van der Waals surface area (Å²) in [6.45, 7) is 0. The van der Waals surface area contributed by atoms with Crippen LogP contribution < -0.4 is 24.3 Å². The summed E-state index contributed by atoms with van der Waals surface area (Å²) in [5, 5.41) is 2.85. The van der Waals surface area contributed by atoms with Crippen molar-refractivity contribution >= 4 is 28.8 Å². The fraction of sp³-hybridized carbons (Fsp3) is 0.318. The van der Waals surface area contributed by atoms with Crippen LogP contribution in [-0.4, -0.2) is 51.0 Å². The van der Waals surface area contributed by atoms with Crippen LogP contribution in [-0.2, 0) is 21.7 Å². The molecule has 2 rings (SSSR count). The number of alkyl halides is 5. The third-order valence-corrected chi connectivity index (χ3v) is 5.66. The number of benzene rings is 2. The number of anilines is 1. The van der Waals surface area contributed by atoms with Crippen molar-refractivity contribution in [1.82, 2.24) is 0 Å². The summed E-state index contributed by atoms with van der Waals surface area (Å²) in [6.07, 6.45) is -4.58. The first-order valence-corrected chi connectivity index (χ1v) is 11.0. The van der Waals surface area contributed by atoms with E-state index < -0.39 is 34.9 Å². The Morgan fingerprint density at radius 3 is 2.00 bits per heavy atom. The average molecular weight is 523 g/mol. The summed E-state index contributed by atoms with van der Waals surface area (Å²) in [7, 11) is 5.47. The molecule has 0 aliphatic heterocycles. The molecular weight excluding hydrogens is 501 g/mol. The van der Waals surface area contributed by atoms with Crippen LogP contribution in [0, 0.1) is 0 Å². The van der Waals surface area contributed by atoms with Crippen LogP contribution in [0.5, 0.6) is 23.0 Å². The fourth-order valence-electron chi connectivity index (χ4n) is 2.83. The lowest BCUT2D eigenvalue weighted by Gasteiger charge is -2.20. The van der Waals surface area contributed by atoms with Crippen LogP contribution in [0.25, 0.3) is 6.08 Å². The van der Waals surface area contributed by atoms with E-state index in [0.717, 1.165) is 13.2 Å². The zero-order valence-electron chi connectivity index (χ0n) is 19.0. The molecule has 0 fully saturated rings. The number of rotatable bonds is 10. The molecule has 0 bridgehead atoms. The molecule has 1 atom stereocenters. The lowest BCUT2D eigenvalue weighted by Crippen LogP contribution is -2.47. The average Bonchev–Trinajstić information content (AvgIpc) is 2.81. The molecule has 7 nitrogen and oxygen atoms in total. The maximum atomic E-state index is 13.3. The van der Waals surface area contributed by atoms with Crippen LogP contribution in [0.3, 0.4) is 0 Å². The molecule has 1 amide bonds. The number of methoxy groups -OCH3 is 4. The highest BCUT2D eigenvalue weighted by Gasteiger charge is 2.63. The maximum absolute atomic E-state index is 13.3. The van der Waals surface area contributed by atoms with Gasteiger partial charge in [-0.15, -0.1) is 0 Å². The third kappa shape index (κ3) is 6.69. The molecule has 2 aromatic carbocycles. The van der Waals surface area contributed by atoms with Gasteiger partial charge in [-0.05, 0) is 23.3 Å². The normalized spacial score (nSPS) is 12.9. The van der Waals surface area contributed by atoms with Crippen molar-refractivity contribution < 1.29 is 50.2 Å². The second-order valence-corrected chi connectivity index (χ2v) is 8.16. The number of carbonyl (C=O) groups excluding carboxylic acids is 1. The van der Waals surface area contributed by atoms with Crippen molar-refractivity contribution in [2.24, 2.45) is 0 Å². The molecule has 0 aliphatic rings. The van der Waals surface area contributed by atoms with E-state index in [1.165, 1.54) is 50.3 Å². The van der Waals surface area contributed by atoms with Gasteiger partial charge in [-0.2, -0.15) is 22.0 Å². The largest absolute Gasteiger partial charge is 0.612 e. The van der Waals surface area contributed by atoms with Crippen molar-refractivity contribution in [3.63, 3.8) is 0 Å². The fourth-order valence-corrected chi connectivity index (χ4v) is 3.72. The molecule has 0 saturated heterocycles. The number of carbonyl (C=O) groups is 1. The van der Waals surface area contributed by atoms with Gasteiger partial charge in [0, 0.05) is 23.8 Å². The quantitative estimate of drug-likeness (QED) is 0.356. The standard InChI is InChI=1S/C22H22F5NO6S/c1-31-14-10-18(33-3)15(19(11-14)34-4)7-8-35(30)12-13-5-6-17(32-2)16(9-13)28-20(29)21(23,24)22(25,26)27/h5-11H,12H2,1-4H3,(H,28,29)/b8-7+. The second kappa shape index (κ2) is 11.5. The Morgan fingerprint density at radius 2 is 1.51 bits per heavy atom. The number of hydrogen-bond acceptors (Lipinski definition) is 6. The Kier molecular flexibility index (Phi) is 9.21. The molecule has 1 unspecified atom stereocenters. The predicted molar refractivity (Wildman–Crippen MR) is 120 cm³/mol. The van der Waals surface area contributed by atoms with E-state index >= 15 is 0 Å². The molecule has 192 valence electrons. The Labute approximate surface area is 201 Å². The minimum absolute atomic E-state index is 0.153. The van der Waals surface area contributed by atoms with Gasteiger partial charge in [0.15, 0.2) is 0 Å². The number of amides is 1. The summed E-state index contributed by atoms with van der Waals surface area (Å²) >= 11 is -1.66. The van der Waals surface area contributed by atoms with E-state index in [0.29, 0.717) is 22.8 Å². The van der Waals surface area contributed by atoms with E-state index in [9.17, 15) is 31.3 Å². The van der Waals surface area contributed by atoms with Gasteiger partial charge in [-0.1, -0.05) is 6.07 Å². The predicted octanol–water partition coefficient (Wildman–Crippen LogP) is 4.78. The van der Waals surface area contributed by atoms with Crippen LogP contribution in [0.4, 0.5) is 27.6 Å². The molecule has 0 saturated carbocycles. The minimum Gasteiger partial charge on any atom is -0.612 e. The van der Waals surface area contributed by atoms with Gasteiger partial charge < -0.3 is 28.8 Å². The van der Waals surface area contributed by atoms with Crippen LogP contribution in [0.2, 0.25) is 0 Å². The minimum atomic E-state index is -6.07. The topological polar surface area (TPSA) is 89.1 Å². The summed E-state index contributed by atoms with van der Waals surface area (Å²) in [4.78, 5) is 11.6. The van der Waals surface area contributed by atoms with Crippen molar-refractivity contribution in [1.29, 1.82) is 0 Å². The molecule has 35 heavy (non-hydrogen) atoms. The first-order chi connectivity index (χ1) is 16.4. The van der Waals surface area contributed by atoms with E-state index in [-0.39, 0.29) is 17.1 Å². The molecule has 0 radical (unpaired) electrons. The molecular formula is C22H22F5NO6S. The molecule has 0 spiro atoms. The highest BCUT2D eigenvalue weighted by molar-refractivity contribution is 7.93. The smallest absolute Gasteiger partial charge is 0.463 e. The molecule has 0 heterocycles. The Morgan fingerprint density at radius 1 is 0.943 bits per heavy atom. The Bertz CT molecular complexity index is 1050. The van der Waals surface area contributed by atoms with Gasteiger partial charge in [0.1, 0.15) is 34.2 Å². The molecule has 13 heteroatoms. The zero-order valence-corrected chi connectivity index (χ0v) is 19.8. The summed E-state index contributed by atoms with van der Waals surface area (Å²) in [5.74, 6) is -7.25. The van der Waals surface area contributed by atoms with Crippen molar-refractivity contribution in [3.8, 4) is 23.0 Å². The van der Waals surface area contributed by atoms with Gasteiger partial charge in [0.25, 0.3) is 0 Å². The molecule has 0 aliphatic carbocycles. The first-order valence-electron chi connectivity index (χ1n) is 9.66. The number of ether oxygens (including phenoxy) is 4. The summed E-state index contributed by atoms with van der Waals surface area (Å²) < 4.78 is 97.4. The molecule has 0 aromatic heterocycles. The number of nitrogens with one attached hydrogen (secondary N) is 1. The van der Waals surface area contributed by atoms with Gasteiger partial charge in [-0.25, -0.2) is 0 Å². The van der Waals surface area contributed by atoms with E-state index in [2.05, 4.69) is 0 Å². The van der Waals surface area contributed by atoms with Crippen molar-refractivity contribution in [2.75, 3.05) is 33.8 Å². The van der Waals surface area contributed by atoms with E-state index in [4.69, 9.17) is 18.9 Å². The van der Waals surface area contributed by atoms with Gasteiger partial charge in [-0.3, -0.25) is 4.79 Å². The first kappa shape index (κ1) is 28.1. The highest BCUT2D eigenvalue weighted by Crippen LogP contribution is 2.38. The van der Waals surface area contributed by atoms with Crippen molar-refractivity contribution in [3.05, 3.63) is 46.9 Å². The number of halogens is 5. The third-order valence-electron chi connectivity index (χ3n) is 4.60. The zero-order chi connectivity index (χ0) is 26.4. The van der Waals surface area contributed by atoms with Crippen LogP contribution >= 0.6 is 0 Å². The Hall–Kier alpha value is -3.19. The van der Waals surface area contributed by atoms with Gasteiger partial charge in [0.05, 0.1) is 39.7 Å². The summed E-state index contributed by atoms with van der Waals surface area (Å²) in [6, 6.07) is 6.97. The van der Waals surface area contributed by atoms with Crippen LogP contribution in [0.1, 0.15) is 11.1 Å². The lowest BCUT2D eigenvalue weighted by atomic mass is 10.1. The van der Waals surface area contributed by atoms with E-state index in [1.54, 1.807) is 12.1 Å². The van der Waals surface area contributed by atoms with Gasteiger partial charge in [0.2, 0.25) is 0 Å². The van der Waals surface area contributed by atoms with Gasteiger partial charge >= 0.3 is 18.0 Å². The SMILES string of the molecule is COc1cc(OC)c(/C=C/[S+]([O-])Cc2ccc(OC)c(NC(=O)C(F)(F)C(F)(F)F)c2)c(OC)c1. The second-order valence-electron chi connectivity index (χ2n) is 6.83. The Balaban J connectivity index is 2.26. The van der Waals surface area contributed by atoms with Crippen molar-refractivity contribution in [2.45, 2.75) is 17.9 Å². The monoisotopic (exact) mass is 523 g/mol. The van der Waals surface area contributed by atoms with E-state index in [1.807, 2.05) is 0 Å². The molecule has 1 N–H and O–H groups in total. The van der Waals surface area contributed by atoms with Crippen LogP contribution in [0.15, 0.2) is 35.7 Å². The highest BCUT2D eigenvalue weighted by atomic mass is 32.2. The number of hydrogen-bond donors (Lipinski definition) is 1. The lowest BCUT2D eigenvalue weighted by molar-refractivity contribution is -0.267. The molecule has 2 aromatic rings.